The van der Waals surface area contributed by atoms with Crippen molar-refractivity contribution in [3.05, 3.63) is 12.2 Å². The summed E-state index contributed by atoms with van der Waals surface area (Å²) in [5, 5.41) is 11.8. The van der Waals surface area contributed by atoms with Gasteiger partial charge < -0.3 is 14.8 Å². The van der Waals surface area contributed by atoms with Crippen molar-refractivity contribution >= 4 is 5.96 Å². The van der Waals surface area contributed by atoms with E-state index in [1.54, 1.807) is 0 Å². The van der Waals surface area contributed by atoms with Crippen molar-refractivity contribution in [3.8, 4) is 0 Å². The van der Waals surface area contributed by atoms with Crippen LogP contribution in [0.4, 0.5) is 0 Å². The van der Waals surface area contributed by atoms with Crippen molar-refractivity contribution < 1.29 is 0 Å². The van der Waals surface area contributed by atoms with Crippen LogP contribution in [0.25, 0.3) is 0 Å². The average molecular weight is 304 g/mol. The molecule has 1 aromatic rings. The van der Waals surface area contributed by atoms with Gasteiger partial charge in [-0.15, -0.1) is 10.2 Å². The third-order valence-corrected chi connectivity index (χ3v) is 4.71. The van der Waals surface area contributed by atoms with E-state index in [2.05, 4.69) is 31.9 Å². The number of nitrogens with one attached hydrogen (secondary N) is 1. The molecular formula is C16H28N6. The maximum absolute atomic E-state index is 4.87. The monoisotopic (exact) mass is 304 g/mol. The van der Waals surface area contributed by atoms with Crippen molar-refractivity contribution in [1.29, 1.82) is 0 Å². The van der Waals surface area contributed by atoms with Crippen molar-refractivity contribution in [3.63, 3.8) is 0 Å². The summed E-state index contributed by atoms with van der Waals surface area (Å²) >= 11 is 0. The lowest BCUT2D eigenvalue weighted by Gasteiger charge is -2.24. The lowest BCUT2D eigenvalue weighted by atomic mass is 10.2. The van der Waals surface area contributed by atoms with E-state index in [1.807, 2.05) is 6.33 Å². The molecule has 6 heteroatoms. The Kier molecular flexibility index (Phi) is 5.29. The molecule has 1 N–H and O–H groups in total. The van der Waals surface area contributed by atoms with Crippen molar-refractivity contribution in [2.75, 3.05) is 19.6 Å². The van der Waals surface area contributed by atoms with E-state index in [0.717, 1.165) is 44.4 Å². The molecule has 2 aliphatic rings. The SMILES string of the molecule is CCc1nncn1CCN=C(NC1CCCC1)N1CCCC1. The van der Waals surface area contributed by atoms with E-state index >= 15 is 0 Å². The molecule has 1 aliphatic carbocycles. The molecule has 1 saturated heterocycles. The van der Waals surface area contributed by atoms with E-state index in [1.165, 1.54) is 38.5 Å². The Labute approximate surface area is 133 Å². The average Bonchev–Trinajstić information content (AvgIpc) is 3.28. The molecule has 0 amide bonds. The predicted octanol–water partition coefficient (Wildman–Crippen LogP) is 1.82. The molecule has 1 saturated carbocycles. The first-order chi connectivity index (χ1) is 10.9. The van der Waals surface area contributed by atoms with Gasteiger partial charge in [-0.2, -0.15) is 0 Å². The first-order valence-electron chi connectivity index (χ1n) is 8.79. The van der Waals surface area contributed by atoms with E-state index in [4.69, 9.17) is 4.99 Å². The molecule has 1 aliphatic heterocycles. The van der Waals surface area contributed by atoms with Gasteiger partial charge in [-0.3, -0.25) is 4.99 Å². The first-order valence-corrected chi connectivity index (χ1v) is 8.79. The predicted molar refractivity (Wildman–Crippen MR) is 87.9 cm³/mol. The molecule has 6 nitrogen and oxygen atoms in total. The molecule has 2 heterocycles. The van der Waals surface area contributed by atoms with Gasteiger partial charge in [0.05, 0.1) is 6.54 Å². The highest BCUT2D eigenvalue weighted by molar-refractivity contribution is 5.80. The highest BCUT2D eigenvalue weighted by atomic mass is 15.3. The number of likely N-dealkylation sites (tertiary alicyclic amines) is 1. The smallest absolute Gasteiger partial charge is 0.194 e. The molecule has 2 fully saturated rings. The molecule has 122 valence electrons. The van der Waals surface area contributed by atoms with Gasteiger partial charge in [-0.25, -0.2) is 0 Å². The molecule has 22 heavy (non-hydrogen) atoms. The molecule has 1 aromatic heterocycles. The number of nitrogens with zero attached hydrogens (tertiary/aromatic N) is 5. The summed E-state index contributed by atoms with van der Waals surface area (Å²) in [6, 6.07) is 0.625. The van der Waals surface area contributed by atoms with E-state index in [-0.39, 0.29) is 0 Å². The topological polar surface area (TPSA) is 58.3 Å². The first kappa shape index (κ1) is 15.3. The Bertz CT molecular complexity index is 483. The normalized spacial score (nSPS) is 20.0. The molecule has 3 rings (SSSR count). The minimum atomic E-state index is 0.625. The number of hydrogen-bond acceptors (Lipinski definition) is 3. The van der Waals surface area contributed by atoms with E-state index < -0.39 is 0 Å². The van der Waals surface area contributed by atoms with Crippen molar-refractivity contribution in [1.82, 2.24) is 25.0 Å². The molecule has 0 unspecified atom stereocenters. The van der Waals surface area contributed by atoms with Crippen molar-refractivity contribution in [2.45, 2.75) is 64.5 Å². The number of guanidine groups is 1. The number of rotatable bonds is 5. The Hall–Kier alpha value is -1.59. The molecule has 0 bridgehead atoms. The number of aliphatic imine (C=N–C) groups is 1. The van der Waals surface area contributed by atoms with Crippen LogP contribution < -0.4 is 5.32 Å². The van der Waals surface area contributed by atoms with Gasteiger partial charge >= 0.3 is 0 Å². The number of aryl methyl sites for hydroxylation is 1. The lowest BCUT2D eigenvalue weighted by Crippen LogP contribution is -2.44. The number of hydrogen-bond donors (Lipinski definition) is 1. The summed E-state index contributed by atoms with van der Waals surface area (Å²) in [6.07, 6.45) is 10.6. The minimum Gasteiger partial charge on any atom is -0.354 e. The van der Waals surface area contributed by atoms with E-state index in [0.29, 0.717) is 6.04 Å². The third kappa shape index (κ3) is 3.78. The molecule has 0 atom stereocenters. The van der Waals surface area contributed by atoms with Crippen LogP contribution in [0.2, 0.25) is 0 Å². The van der Waals surface area contributed by atoms with Crippen LogP contribution >= 0.6 is 0 Å². The van der Waals surface area contributed by atoms with Crippen molar-refractivity contribution in [2.24, 2.45) is 4.99 Å². The molecular weight excluding hydrogens is 276 g/mol. The fourth-order valence-corrected chi connectivity index (χ4v) is 3.42. The fraction of sp³-hybridized carbons (Fsp3) is 0.812. The largest absolute Gasteiger partial charge is 0.354 e. The molecule has 0 spiro atoms. The minimum absolute atomic E-state index is 0.625. The summed E-state index contributed by atoms with van der Waals surface area (Å²) in [6.45, 7) is 6.05. The quantitative estimate of drug-likeness (QED) is 0.666. The summed E-state index contributed by atoms with van der Waals surface area (Å²) in [4.78, 5) is 7.30. The zero-order valence-electron chi connectivity index (χ0n) is 13.7. The van der Waals surface area contributed by atoms with Gasteiger partial charge in [-0.1, -0.05) is 19.8 Å². The van der Waals surface area contributed by atoms with Gasteiger partial charge in [0, 0.05) is 32.1 Å². The summed E-state index contributed by atoms with van der Waals surface area (Å²) < 4.78 is 2.11. The second kappa shape index (κ2) is 7.61. The van der Waals surface area contributed by atoms with Gasteiger partial charge in [-0.05, 0) is 25.7 Å². The second-order valence-corrected chi connectivity index (χ2v) is 6.32. The number of aromatic nitrogens is 3. The standard InChI is InChI=1S/C16H28N6/c1-2-15-20-18-13-22(15)12-9-17-16(21-10-5-6-11-21)19-14-7-3-4-8-14/h13-14H,2-12H2,1H3,(H,17,19). The van der Waals surface area contributed by atoms with Gasteiger partial charge in [0.25, 0.3) is 0 Å². The maximum atomic E-state index is 4.87. The highest BCUT2D eigenvalue weighted by Gasteiger charge is 2.21. The summed E-state index contributed by atoms with van der Waals surface area (Å²) in [7, 11) is 0. The summed E-state index contributed by atoms with van der Waals surface area (Å²) in [5.41, 5.74) is 0. The molecule has 0 radical (unpaired) electrons. The highest BCUT2D eigenvalue weighted by Crippen LogP contribution is 2.18. The maximum Gasteiger partial charge on any atom is 0.194 e. The van der Waals surface area contributed by atoms with Gasteiger partial charge in [0.1, 0.15) is 12.2 Å². The van der Waals surface area contributed by atoms with Crippen LogP contribution in [0.5, 0.6) is 0 Å². The second-order valence-electron chi connectivity index (χ2n) is 6.32. The Morgan fingerprint density at radius 2 is 2.05 bits per heavy atom. The lowest BCUT2D eigenvalue weighted by molar-refractivity contribution is 0.469. The van der Waals surface area contributed by atoms with Crippen LogP contribution in [0.1, 0.15) is 51.3 Å². The molecule has 0 aromatic carbocycles. The van der Waals surface area contributed by atoms with Crippen LogP contribution in [-0.2, 0) is 13.0 Å². The Balaban J connectivity index is 1.59. The zero-order valence-corrected chi connectivity index (χ0v) is 13.7. The van der Waals surface area contributed by atoms with E-state index in [9.17, 15) is 0 Å². The van der Waals surface area contributed by atoms with Gasteiger partial charge in [0.15, 0.2) is 5.96 Å². The van der Waals surface area contributed by atoms with Crippen LogP contribution in [0.15, 0.2) is 11.3 Å². The Morgan fingerprint density at radius 1 is 1.27 bits per heavy atom. The van der Waals surface area contributed by atoms with Crippen LogP contribution in [-0.4, -0.2) is 51.3 Å². The Morgan fingerprint density at radius 3 is 2.77 bits per heavy atom. The fourth-order valence-electron chi connectivity index (χ4n) is 3.42. The zero-order chi connectivity index (χ0) is 15.2. The van der Waals surface area contributed by atoms with Crippen LogP contribution in [0.3, 0.4) is 0 Å². The van der Waals surface area contributed by atoms with Gasteiger partial charge in [0.2, 0.25) is 0 Å². The third-order valence-electron chi connectivity index (χ3n) is 4.71. The van der Waals surface area contributed by atoms with Crippen LogP contribution in [0, 0.1) is 0 Å². The summed E-state index contributed by atoms with van der Waals surface area (Å²) in [5.74, 6) is 2.16.